The number of hydrogen-bond donors (Lipinski definition) is 1. The number of anilines is 1. The zero-order valence-corrected chi connectivity index (χ0v) is 11.7. The van der Waals surface area contributed by atoms with Crippen LogP contribution < -0.4 is 4.90 Å². The summed E-state index contributed by atoms with van der Waals surface area (Å²) in [5, 5.41) is 9.47. The number of aliphatic hydroxyl groups is 1. The molecule has 19 heavy (non-hydrogen) atoms. The highest BCUT2D eigenvalue weighted by molar-refractivity contribution is 5.40. The van der Waals surface area contributed by atoms with Crippen molar-refractivity contribution in [1.29, 1.82) is 0 Å². The molecule has 1 atom stereocenters. The first-order valence-corrected chi connectivity index (χ1v) is 6.47. The van der Waals surface area contributed by atoms with Crippen LogP contribution in [0.15, 0.2) is 42.6 Å². The second kappa shape index (κ2) is 5.85. The van der Waals surface area contributed by atoms with Crippen LogP contribution in [0.25, 0.3) is 0 Å². The summed E-state index contributed by atoms with van der Waals surface area (Å²) in [5.74, 6) is 0.910. The van der Waals surface area contributed by atoms with Crippen molar-refractivity contribution in [1.82, 2.24) is 4.98 Å². The van der Waals surface area contributed by atoms with Crippen LogP contribution in [0, 0.1) is 6.92 Å². The summed E-state index contributed by atoms with van der Waals surface area (Å²) in [6, 6.07) is 12.2. The fraction of sp³-hybridized carbons (Fsp3) is 0.312. The molecule has 1 heterocycles. The van der Waals surface area contributed by atoms with E-state index in [-0.39, 0.29) is 0 Å². The fourth-order valence-corrected chi connectivity index (χ4v) is 1.99. The maximum Gasteiger partial charge on any atom is 0.128 e. The van der Waals surface area contributed by atoms with Crippen LogP contribution in [-0.2, 0) is 6.54 Å². The van der Waals surface area contributed by atoms with Crippen molar-refractivity contribution in [3.63, 3.8) is 0 Å². The molecule has 0 aliphatic carbocycles. The van der Waals surface area contributed by atoms with Crippen molar-refractivity contribution in [2.45, 2.75) is 26.5 Å². The molecule has 0 spiro atoms. The number of pyridine rings is 1. The minimum atomic E-state index is -0.469. The number of rotatable bonds is 4. The molecule has 1 N–H and O–H groups in total. The van der Waals surface area contributed by atoms with Crippen molar-refractivity contribution in [2.24, 2.45) is 0 Å². The highest BCUT2D eigenvalue weighted by atomic mass is 16.3. The molecule has 0 radical (unpaired) electrons. The van der Waals surface area contributed by atoms with Crippen molar-refractivity contribution in [3.05, 3.63) is 59.3 Å². The normalized spacial score (nSPS) is 12.2. The maximum absolute atomic E-state index is 9.47. The molecule has 0 aliphatic heterocycles. The van der Waals surface area contributed by atoms with Crippen molar-refractivity contribution in [3.8, 4) is 0 Å². The summed E-state index contributed by atoms with van der Waals surface area (Å²) < 4.78 is 0. The Balaban J connectivity index is 2.12. The lowest BCUT2D eigenvalue weighted by Crippen LogP contribution is -2.18. The van der Waals surface area contributed by atoms with E-state index in [0.29, 0.717) is 0 Å². The zero-order chi connectivity index (χ0) is 13.8. The molecule has 100 valence electrons. The Kier molecular flexibility index (Phi) is 4.17. The summed E-state index contributed by atoms with van der Waals surface area (Å²) in [6.07, 6.45) is 1.26. The van der Waals surface area contributed by atoms with Gasteiger partial charge in [-0.1, -0.05) is 30.3 Å². The summed E-state index contributed by atoms with van der Waals surface area (Å²) in [4.78, 5) is 6.50. The van der Waals surface area contributed by atoms with E-state index in [1.54, 1.807) is 13.1 Å². The van der Waals surface area contributed by atoms with Gasteiger partial charge in [-0.2, -0.15) is 0 Å². The fourth-order valence-electron chi connectivity index (χ4n) is 1.99. The summed E-state index contributed by atoms with van der Waals surface area (Å²) in [7, 11) is 2.02. The van der Waals surface area contributed by atoms with Crippen LogP contribution in [-0.4, -0.2) is 17.1 Å². The molecule has 0 unspecified atom stereocenters. The lowest BCUT2D eigenvalue weighted by molar-refractivity contribution is 0.199. The van der Waals surface area contributed by atoms with Gasteiger partial charge in [-0.05, 0) is 36.6 Å². The van der Waals surface area contributed by atoms with E-state index in [4.69, 9.17) is 0 Å². The van der Waals surface area contributed by atoms with Gasteiger partial charge in [0.1, 0.15) is 5.82 Å². The lowest BCUT2D eigenvalue weighted by Gasteiger charge is -2.19. The van der Waals surface area contributed by atoms with E-state index in [9.17, 15) is 5.11 Å². The molecule has 0 bridgehead atoms. The third kappa shape index (κ3) is 3.32. The minimum absolute atomic E-state index is 0.469. The maximum atomic E-state index is 9.47. The standard InChI is InChI=1S/C16H20N2O/c1-12-6-4-5-7-15(12)11-18(3)16-9-8-14(10-17-16)13(2)19/h4-10,13,19H,11H2,1-3H3/t13-/m1/s1. The first-order chi connectivity index (χ1) is 9.08. The molecule has 2 aromatic rings. The number of aromatic nitrogens is 1. The average Bonchev–Trinajstić information content (AvgIpc) is 2.41. The molecule has 0 aliphatic rings. The predicted octanol–water partition coefficient (Wildman–Crippen LogP) is 3.08. The second-order valence-corrected chi connectivity index (χ2v) is 4.91. The second-order valence-electron chi connectivity index (χ2n) is 4.91. The molecule has 0 fully saturated rings. The van der Waals surface area contributed by atoms with Crippen molar-refractivity contribution < 1.29 is 5.11 Å². The van der Waals surface area contributed by atoms with Crippen LogP contribution in [0.1, 0.15) is 29.7 Å². The monoisotopic (exact) mass is 256 g/mol. The number of hydrogen-bond acceptors (Lipinski definition) is 3. The largest absolute Gasteiger partial charge is 0.389 e. The van der Waals surface area contributed by atoms with E-state index in [1.165, 1.54) is 11.1 Å². The third-order valence-corrected chi connectivity index (χ3v) is 3.31. The van der Waals surface area contributed by atoms with Gasteiger partial charge >= 0.3 is 0 Å². The Morgan fingerprint density at radius 3 is 2.53 bits per heavy atom. The Bertz CT molecular complexity index is 535. The van der Waals surface area contributed by atoms with Crippen LogP contribution >= 0.6 is 0 Å². The van der Waals surface area contributed by atoms with Gasteiger partial charge in [0.2, 0.25) is 0 Å². The Morgan fingerprint density at radius 2 is 1.95 bits per heavy atom. The van der Waals surface area contributed by atoms with Gasteiger partial charge in [0.05, 0.1) is 6.10 Å². The van der Waals surface area contributed by atoms with Crippen LogP contribution in [0.2, 0.25) is 0 Å². The molecule has 1 aromatic carbocycles. The summed E-state index contributed by atoms with van der Waals surface area (Å²) in [5.41, 5.74) is 3.43. The SMILES string of the molecule is Cc1ccccc1CN(C)c1ccc([C@@H](C)O)cn1. The zero-order valence-electron chi connectivity index (χ0n) is 11.7. The van der Waals surface area contributed by atoms with Gasteiger partial charge in [-0.25, -0.2) is 4.98 Å². The van der Waals surface area contributed by atoms with Gasteiger partial charge in [0.15, 0.2) is 0 Å². The number of aryl methyl sites for hydroxylation is 1. The van der Waals surface area contributed by atoms with Crippen LogP contribution in [0.4, 0.5) is 5.82 Å². The molecular formula is C16H20N2O. The van der Waals surface area contributed by atoms with Crippen LogP contribution in [0.3, 0.4) is 0 Å². The van der Waals surface area contributed by atoms with Gasteiger partial charge < -0.3 is 10.0 Å². The molecule has 3 heteroatoms. The highest BCUT2D eigenvalue weighted by Gasteiger charge is 2.06. The lowest BCUT2D eigenvalue weighted by atomic mass is 10.1. The van der Waals surface area contributed by atoms with E-state index in [0.717, 1.165) is 17.9 Å². The van der Waals surface area contributed by atoms with E-state index in [1.807, 2.05) is 19.2 Å². The third-order valence-electron chi connectivity index (χ3n) is 3.31. The van der Waals surface area contributed by atoms with Gasteiger partial charge in [-0.15, -0.1) is 0 Å². The molecule has 2 rings (SSSR count). The summed E-state index contributed by atoms with van der Waals surface area (Å²) >= 11 is 0. The first kappa shape index (κ1) is 13.6. The summed E-state index contributed by atoms with van der Waals surface area (Å²) in [6.45, 7) is 4.69. The predicted molar refractivity (Wildman–Crippen MR) is 78.2 cm³/mol. The van der Waals surface area contributed by atoms with Gasteiger partial charge in [-0.3, -0.25) is 0 Å². The first-order valence-electron chi connectivity index (χ1n) is 6.47. The minimum Gasteiger partial charge on any atom is -0.389 e. The molecule has 1 aromatic heterocycles. The average molecular weight is 256 g/mol. The smallest absolute Gasteiger partial charge is 0.128 e. The molecule has 3 nitrogen and oxygen atoms in total. The molecule has 0 saturated carbocycles. The van der Waals surface area contributed by atoms with Crippen LogP contribution in [0.5, 0.6) is 0 Å². The highest BCUT2D eigenvalue weighted by Crippen LogP contribution is 2.17. The number of nitrogens with zero attached hydrogens (tertiary/aromatic N) is 2. The topological polar surface area (TPSA) is 36.4 Å². The Morgan fingerprint density at radius 1 is 1.21 bits per heavy atom. The number of aliphatic hydroxyl groups excluding tert-OH is 1. The van der Waals surface area contributed by atoms with E-state index >= 15 is 0 Å². The quantitative estimate of drug-likeness (QED) is 0.913. The molecular weight excluding hydrogens is 236 g/mol. The van der Waals surface area contributed by atoms with E-state index in [2.05, 4.69) is 41.1 Å². The van der Waals surface area contributed by atoms with Crippen molar-refractivity contribution in [2.75, 3.05) is 11.9 Å². The Hall–Kier alpha value is -1.87. The molecule has 0 saturated heterocycles. The van der Waals surface area contributed by atoms with E-state index < -0.39 is 6.10 Å². The number of benzene rings is 1. The van der Waals surface area contributed by atoms with Gasteiger partial charge in [0.25, 0.3) is 0 Å². The molecule has 0 amide bonds. The van der Waals surface area contributed by atoms with Crippen molar-refractivity contribution >= 4 is 5.82 Å². The Labute approximate surface area is 114 Å². The van der Waals surface area contributed by atoms with Gasteiger partial charge in [0, 0.05) is 19.8 Å².